The van der Waals surface area contributed by atoms with Crippen molar-refractivity contribution in [3.63, 3.8) is 0 Å². The molecule has 140 valence electrons. The number of hydrogen-bond donors (Lipinski definition) is 2. The average Bonchev–Trinajstić information content (AvgIpc) is 3.03. The summed E-state index contributed by atoms with van der Waals surface area (Å²) >= 11 is 6.10. The number of rotatable bonds is 6. The first-order valence-electron chi connectivity index (χ1n) is 8.17. The monoisotopic (exact) mass is 403 g/mol. The normalized spacial score (nSPS) is 11.8. The van der Waals surface area contributed by atoms with E-state index in [1.165, 1.54) is 0 Å². The number of hydrogen-bond acceptors (Lipinski definition) is 4. The van der Waals surface area contributed by atoms with E-state index in [0.717, 1.165) is 5.69 Å². The quantitative estimate of drug-likeness (QED) is 0.659. The highest BCUT2D eigenvalue weighted by Crippen LogP contribution is 2.24. The Balaban J connectivity index is 1.81. The van der Waals surface area contributed by atoms with Crippen LogP contribution in [0, 0.1) is 0 Å². The van der Waals surface area contributed by atoms with Gasteiger partial charge >= 0.3 is 0 Å². The fourth-order valence-corrected chi connectivity index (χ4v) is 3.23. The number of nitrogens with zero attached hydrogens (tertiary/aromatic N) is 3. The second kappa shape index (κ2) is 8.32. The SMILES string of the molecule is CCS(=O)Nc1cc(Cl)cc(NC(=O)c2cc(-c3ncccn3)n(C)c2)c1. The van der Waals surface area contributed by atoms with Crippen LogP contribution in [0.25, 0.3) is 11.5 Å². The van der Waals surface area contributed by atoms with Gasteiger partial charge in [0.25, 0.3) is 5.91 Å². The number of carbonyl (C=O) groups excluding carboxylic acids is 1. The van der Waals surface area contributed by atoms with E-state index in [4.69, 9.17) is 11.6 Å². The van der Waals surface area contributed by atoms with Crippen LogP contribution >= 0.6 is 11.6 Å². The molecular formula is C18H18ClN5O2S. The van der Waals surface area contributed by atoms with Crippen LogP contribution in [0.3, 0.4) is 0 Å². The summed E-state index contributed by atoms with van der Waals surface area (Å²) in [4.78, 5) is 21.0. The van der Waals surface area contributed by atoms with Gasteiger partial charge in [-0.1, -0.05) is 18.5 Å². The van der Waals surface area contributed by atoms with Crippen molar-refractivity contribution in [2.45, 2.75) is 6.92 Å². The number of nitrogens with one attached hydrogen (secondary N) is 2. The molecule has 1 atom stereocenters. The molecule has 0 spiro atoms. The van der Waals surface area contributed by atoms with E-state index < -0.39 is 11.0 Å². The van der Waals surface area contributed by atoms with Crippen molar-refractivity contribution in [1.82, 2.24) is 14.5 Å². The summed E-state index contributed by atoms with van der Waals surface area (Å²) in [5.74, 6) is 0.704. The summed E-state index contributed by atoms with van der Waals surface area (Å²) in [6.45, 7) is 1.81. The number of carbonyl (C=O) groups is 1. The number of anilines is 2. The number of aromatic nitrogens is 3. The van der Waals surface area contributed by atoms with Gasteiger partial charge in [0.05, 0.1) is 11.3 Å². The maximum Gasteiger partial charge on any atom is 0.257 e. The van der Waals surface area contributed by atoms with Gasteiger partial charge in [0.15, 0.2) is 5.82 Å². The van der Waals surface area contributed by atoms with Crippen LogP contribution < -0.4 is 10.0 Å². The largest absolute Gasteiger partial charge is 0.347 e. The van der Waals surface area contributed by atoms with Gasteiger partial charge in [0.1, 0.15) is 11.0 Å². The summed E-state index contributed by atoms with van der Waals surface area (Å²) in [6.07, 6.45) is 5.00. The number of halogens is 1. The lowest BCUT2D eigenvalue weighted by atomic mass is 10.2. The summed E-state index contributed by atoms with van der Waals surface area (Å²) < 4.78 is 16.3. The maximum absolute atomic E-state index is 12.6. The molecule has 3 rings (SSSR count). The number of aryl methyl sites for hydroxylation is 1. The molecule has 1 aromatic carbocycles. The van der Waals surface area contributed by atoms with Crippen molar-refractivity contribution in [3.8, 4) is 11.5 Å². The Bertz CT molecular complexity index is 991. The third-order valence-corrected chi connectivity index (χ3v) is 4.92. The minimum Gasteiger partial charge on any atom is -0.347 e. The molecule has 3 aromatic rings. The molecule has 2 heterocycles. The van der Waals surface area contributed by atoms with Gasteiger partial charge in [0, 0.05) is 47.8 Å². The lowest BCUT2D eigenvalue weighted by Gasteiger charge is -2.09. The zero-order chi connectivity index (χ0) is 19.4. The molecule has 0 bridgehead atoms. The van der Waals surface area contributed by atoms with Gasteiger partial charge in [0.2, 0.25) is 0 Å². The van der Waals surface area contributed by atoms with Crippen LogP contribution in [0.2, 0.25) is 5.02 Å². The van der Waals surface area contributed by atoms with E-state index in [0.29, 0.717) is 33.5 Å². The van der Waals surface area contributed by atoms with Crippen molar-refractivity contribution in [2.24, 2.45) is 7.05 Å². The third-order valence-electron chi connectivity index (χ3n) is 3.71. The van der Waals surface area contributed by atoms with Crippen molar-refractivity contribution in [3.05, 3.63) is 59.5 Å². The van der Waals surface area contributed by atoms with Crippen molar-refractivity contribution in [2.75, 3.05) is 15.8 Å². The highest BCUT2D eigenvalue weighted by Gasteiger charge is 2.14. The predicted molar refractivity (Wildman–Crippen MR) is 108 cm³/mol. The number of benzene rings is 1. The minimum atomic E-state index is -1.20. The molecule has 1 amide bonds. The lowest BCUT2D eigenvalue weighted by molar-refractivity contribution is 0.102. The van der Waals surface area contributed by atoms with Crippen LogP contribution in [0.15, 0.2) is 48.9 Å². The molecule has 2 aromatic heterocycles. The topological polar surface area (TPSA) is 88.9 Å². The van der Waals surface area contributed by atoms with Crippen LogP contribution in [0.5, 0.6) is 0 Å². The van der Waals surface area contributed by atoms with Crippen molar-refractivity contribution in [1.29, 1.82) is 0 Å². The molecule has 0 fully saturated rings. The molecule has 7 nitrogen and oxygen atoms in total. The second-order valence-electron chi connectivity index (χ2n) is 5.72. The Kier molecular flexibility index (Phi) is 5.88. The highest BCUT2D eigenvalue weighted by atomic mass is 35.5. The Hall–Kier alpha value is -2.71. The Morgan fingerprint density at radius 3 is 2.59 bits per heavy atom. The molecule has 1 unspecified atom stereocenters. The standard InChI is InChI=1S/C18H18ClN5O2S/c1-3-27(26)23-15-9-13(19)8-14(10-15)22-18(25)12-7-16(24(2)11-12)17-20-5-4-6-21-17/h4-11,23H,3H2,1-2H3,(H,22,25). The Morgan fingerprint density at radius 2 is 1.89 bits per heavy atom. The highest BCUT2D eigenvalue weighted by molar-refractivity contribution is 7.86. The molecule has 0 aliphatic heterocycles. The summed E-state index contributed by atoms with van der Waals surface area (Å²) in [5, 5.41) is 3.23. The Morgan fingerprint density at radius 1 is 1.19 bits per heavy atom. The van der Waals surface area contributed by atoms with Crippen molar-refractivity contribution >= 4 is 39.9 Å². The molecule has 0 saturated carbocycles. The molecule has 9 heteroatoms. The predicted octanol–water partition coefficient (Wildman–Crippen LogP) is 3.48. The maximum atomic E-state index is 12.6. The van der Waals surface area contributed by atoms with Crippen LogP contribution in [-0.4, -0.2) is 30.4 Å². The molecule has 0 radical (unpaired) electrons. The first-order chi connectivity index (χ1) is 13.0. The van der Waals surface area contributed by atoms with Gasteiger partial charge in [-0.2, -0.15) is 0 Å². The fraction of sp³-hybridized carbons (Fsp3) is 0.167. The zero-order valence-corrected chi connectivity index (χ0v) is 16.3. The molecular weight excluding hydrogens is 386 g/mol. The van der Waals surface area contributed by atoms with Crippen LogP contribution in [0.1, 0.15) is 17.3 Å². The van der Waals surface area contributed by atoms with Gasteiger partial charge in [-0.25, -0.2) is 14.2 Å². The van der Waals surface area contributed by atoms with Gasteiger partial charge in [-0.3, -0.25) is 4.79 Å². The molecule has 0 aliphatic rings. The van der Waals surface area contributed by atoms with E-state index in [1.807, 2.05) is 7.05 Å². The lowest BCUT2D eigenvalue weighted by Crippen LogP contribution is -2.12. The van der Waals surface area contributed by atoms with Crippen molar-refractivity contribution < 1.29 is 9.00 Å². The molecule has 0 aliphatic carbocycles. The van der Waals surface area contributed by atoms with Crippen LogP contribution in [-0.2, 0) is 18.0 Å². The van der Waals surface area contributed by atoms with E-state index >= 15 is 0 Å². The average molecular weight is 404 g/mol. The van der Waals surface area contributed by atoms with Crippen LogP contribution in [0.4, 0.5) is 11.4 Å². The summed E-state index contributed by atoms with van der Waals surface area (Å²) in [5.41, 5.74) is 2.27. The molecule has 27 heavy (non-hydrogen) atoms. The summed E-state index contributed by atoms with van der Waals surface area (Å²) in [6, 6.07) is 8.42. The zero-order valence-electron chi connectivity index (χ0n) is 14.8. The van der Waals surface area contributed by atoms with E-state index in [-0.39, 0.29) is 5.91 Å². The smallest absolute Gasteiger partial charge is 0.257 e. The third kappa shape index (κ3) is 4.72. The fourth-order valence-electron chi connectivity index (χ4n) is 2.47. The minimum absolute atomic E-state index is 0.294. The number of amides is 1. The van der Waals surface area contributed by atoms with E-state index in [1.54, 1.807) is 60.4 Å². The van der Waals surface area contributed by atoms with Gasteiger partial charge in [-0.05, 0) is 30.3 Å². The summed E-state index contributed by atoms with van der Waals surface area (Å²) in [7, 11) is 0.621. The van der Waals surface area contributed by atoms with E-state index in [2.05, 4.69) is 20.0 Å². The first kappa shape index (κ1) is 19.1. The first-order valence-corrected chi connectivity index (χ1v) is 9.86. The van der Waals surface area contributed by atoms with E-state index in [9.17, 15) is 9.00 Å². The van der Waals surface area contributed by atoms with Gasteiger partial charge in [-0.15, -0.1) is 0 Å². The van der Waals surface area contributed by atoms with Gasteiger partial charge < -0.3 is 14.6 Å². The second-order valence-corrected chi connectivity index (χ2v) is 7.63. The molecule has 0 saturated heterocycles. The Labute approximate surface area is 164 Å². The molecule has 2 N–H and O–H groups in total.